The molecule has 0 fully saturated rings. The number of hydrogen-bond acceptors (Lipinski definition) is 1. The SMILES string of the molecule is C=CCN(CC)C(C)C=C. The van der Waals surface area contributed by atoms with Gasteiger partial charge < -0.3 is 0 Å². The molecule has 0 saturated carbocycles. The van der Waals surface area contributed by atoms with Gasteiger partial charge in [-0.25, -0.2) is 0 Å². The standard InChI is InChI=1S/C9H17N/c1-5-8-10(7-3)9(4)6-2/h5-6,9H,1-2,7-8H2,3-4H3. The minimum absolute atomic E-state index is 0.461. The van der Waals surface area contributed by atoms with Crippen molar-refractivity contribution in [3.8, 4) is 0 Å². The highest BCUT2D eigenvalue weighted by atomic mass is 15.1. The molecule has 0 aromatic rings. The van der Waals surface area contributed by atoms with Gasteiger partial charge >= 0.3 is 0 Å². The highest BCUT2D eigenvalue weighted by molar-refractivity contribution is 4.86. The quantitative estimate of drug-likeness (QED) is 0.527. The van der Waals surface area contributed by atoms with Crippen LogP contribution < -0.4 is 0 Å². The van der Waals surface area contributed by atoms with Crippen LogP contribution in [0.15, 0.2) is 25.3 Å². The van der Waals surface area contributed by atoms with Crippen molar-refractivity contribution >= 4 is 0 Å². The van der Waals surface area contributed by atoms with Crippen molar-refractivity contribution in [3.05, 3.63) is 25.3 Å². The van der Waals surface area contributed by atoms with E-state index in [0.29, 0.717) is 6.04 Å². The smallest absolute Gasteiger partial charge is 0.0250 e. The molecular formula is C9H17N. The molecule has 0 heterocycles. The van der Waals surface area contributed by atoms with Gasteiger partial charge in [-0.15, -0.1) is 13.2 Å². The van der Waals surface area contributed by atoms with E-state index in [1.807, 2.05) is 12.2 Å². The van der Waals surface area contributed by atoms with E-state index in [-0.39, 0.29) is 0 Å². The molecule has 0 saturated heterocycles. The molecule has 0 aliphatic heterocycles. The second-order valence-electron chi connectivity index (χ2n) is 2.35. The Hall–Kier alpha value is -0.560. The lowest BCUT2D eigenvalue weighted by Crippen LogP contribution is -2.31. The van der Waals surface area contributed by atoms with Gasteiger partial charge in [0.25, 0.3) is 0 Å². The Labute approximate surface area is 64.0 Å². The summed E-state index contributed by atoms with van der Waals surface area (Å²) in [7, 11) is 0. The number of rotatable bonds is 5. The first-order valence-electron chi connectivity index (χ1n) is 3.73. The zero-order chi connectivity index (χ0) is 7.98. The van der Waals surface area contributed by atoms with E-state index < -0.39 is 0 Å². The van der Waals surface area contributed by atoms with Crippen LogP contribution in [0.5, 0.6) is 0 Å². The van der Waals surface area contributed by atoms with Gasteiger partial charge in [0.1, 0.15) is 0 Å². The molecule has 0 aromatic heterocycles. The Morgan fingerprint density at radius 2 is 2.10 bits per heavy atom. The molecule has 0 aliphatic rings. The summed E-state index contributed by atoms with van der Waals surface area (Å²) in [5.74, 6) is 0. The van der Waals surface area contributed by atoms with Gasteiger partial charge in [0.05, 0.1) is 0 Å². The van der Waals surface area contributed by atoms with Gasteiger partial charge in [-0.05, 0) is 13.5 Å². The summed E-state index contributed by atoms with van der Waals surface area (Å²) in [6.07, 6.45) is 3.87. The Kier molecular flexibility index (Phi) is 4.95. The number of hydrogen-bond donors (Lipinski definition) is 0. The predicted molar refractivity (Wildman–Crippen MR) is 47.1 cm³/mol. The minimum Gasteiger partial charge on any atom is -0.294 e. The second-order valence-corrected chi connectivity index (χ2v) is 2.35. The van der Waals surface area contributed by atoms with E-state index in [1.165, 1.54) is 0 Å². The molecule has 0 N–H and O–H groups in total. The molecular weight excluding hydrogens is 122 g/mol. The van der Waals surface area contributed by atoms with Crippen molar-refractivity contribution < 1.29 is 0 Å². The maximum atomic E-state index is 3.74. The molecule has 0 spiro atoms. The molecule has 0 rings (SSSR count). The van der Waals surface area contributed by atoms with Crippen LogP contribution in [0.4, 0.5) is 0 Å². The van der Waals surface area contributed by atoms with Crippen molar-refractivity contribution in [3.63, 3.8) is 0 Å². The van der Waals surface area contributed by atoms with Crippen LogP contribution in [0.3, 0.4) is 0 Å². The average molecular weight is 139 g/mol. The highest BCUT2D eigenvalue weighted by Crippen LogP contribution is 1.98. The number of nitrogens with zero attached hydrogens (tertiary/aromatic N) is 1. The molecule has 0 aromatic carbocycles. The summed E-state index contributed by atoms with van der Waals surface area (Å²) in [6.45, 7) is 13.7. The Morgan fingerprint density at radius 1 is 1.50 bits per heavy atom. The first-order chi connectivity index (χ1) is 4.76. The molecule has 1 unspecified atom stereocenters. The number of likely N-dealkylation sites (N-methyl/N-ethyl adjacent to an activating group) is 1. The fraction of sp³-hybridized carbons (Fsp3) is 0.556. The van der Waals surface area contributed by atoms with Gasteiger partial charge in [0, 0.05) is 12.6 Å². The first kappa shape index (κ1) is 9.44. The van der Waals surface area contributed by atoms with Crippen molar-refractivity contribution in [1.29, 1.82) is 0 Å². The Bertz CT molecular complexity index is 107. The van der Waals surface area contributed by atoms with Gasteiger partial charge in [0.15, 0.2) is 0 Å². The van der Waals surface area contributed by atoms with Gasteiger partial charge in [-0.1, -0.05) is 19.1 Å². The van der Waals surface area contributed by atoms with Gasteiger partial charge in [-0.2, -0.15) is 0 Å². The van der Waals surface area contributed by atoms with E-state index in [9.17, 15) is 0 Å². The summed E-state index contributed by atoms with van der Waals surface area (Å²) >= 11 is 0. The molecule has 10 heavy (non-hydrogen) atoms. The van der Waals surface area contributed by atoms with Crippen LogP contribution in [0.25, 0.3) is 0 Å². The average Bonchev–Trinajstić information content (AvgIpc) is 1.99. The first-order valence-corrected chi connectivity index (χ1v) is 3.73. The normalized spacial score (nSPS) is 13.1. The second kappa shape index (κ2) is 5.24. The van der Waals surface area contributed by atoms with E-state index in [0.717, 1.165) is 13.1 Å². The highest BCUT2D eigenvalue weighted by Gasteiger charge is 2.04. The predicted octanol–water partition coefficient (Wildman–Crippen LogP) is 2.07. The van der Waals surface area contributed by atoms with Crippen LogP contribution in [0, 0.1) is 0 Å². The molecule has 0 aliphatic carbocycles. The van der Waals surface area contributed by atoms with E-state index >= 15 is 0 Å². The van der Waals surface area contributed by atoms with E-state index in [1.54, 1.807) is 0 Å². The lowest BCUT2D eigenvalue weighted by molar-refractivity contribution is 0.282. The zero-order valence-corrected chi connectivity index (χ0v) is 7.01. The summed E-state index contributed by atoms with van der Waals surface area (Å²) in [4.78, 5) is 2.29. The van der Waals surface area contributed by atoms with Crippen molar-refractivity contribution in [2.45, 2.75) is 19.9 Å². The molecule has 0 amide bonds. The zero-order valence-electron chi connectivity index (χ0n) is 7.01. The minimum atomic E-state index is 0.461. The van der Waals surface area contributed by atoms with Crippen LogP contribution in [0.2, 0.25) is 0 Å². The molecule has 1 heteroatoms. The molecule has 1 nitrogen and oxygen atoms in total. The molecule has 58 valence electrons. The maximum absolute atomic E-state index is 3.74. The molecule has 1 atom stereocenters. The Balaban J connectivity index is 3.78. The van der Waals surface area contributed by atoms with Gasteiger partial charge in [0.2, 0.25) is 0 Å². The topological polar surface area (TPSA) is 3.24 Å². The summed E-state index contributed by atoms with van der Waals surface area (Å²) < 4.78 is 0. The third kappa shape index (κ3) is 2.83. The molecule has 0 bridgehead atoms. The third-order valence-electron chi connectivity index (χ3n) is 1.69. The molecule has 0 radical (unpaired) electrons. The maximum Gasteiger partial charge on any atom is 0.0250 e. The van der Waals surface area contributed by atoms with E-state index in [4.69, 9.17) is 0 Å². The van der Waals surface area contributed by atoms with E-state index in [2.05, 4.69) is 31.9 Å². The van der Waals surface area contributed by atoms with Crippen molar-refractivity contribution in [2.24, 2.45) is 0 Å². The lowest BCUT2D eigenvalue weighted by Gasteiger charge is -2.23. The summed E-state index contributed by atoms with van der Waals surface area (Å²) in [5.41, 5.74) is 0. The lowest BCUT2D eigenvalue weighted by atomic mass is 10.3. The Morgan fingerprint density at radius 3 is 2.40 bits per heavy atom. The van der Waals surface area contributed by atoms with Crippen molar-refractivity contribution in [2.75, 3.05) is 13.1 Å². The fourth-order valence-electron chi connectivity index (χ4n) is 0.898. The van der Waals surface area contributed by atoms with Crippen LogP contribution >= 0.6 is 0 Å². The van der Waals surface area contributed by atoms with Crippen LogP contribution in [0.1, 0.15) is 13.8 Å². The van der Waals surface area contributed by atoms with Crippen LogP contribution in [-0.2, 0) is 0 Å². The monoisotopic (exact) mass is 139 g/mol. The largest absolute Gasteiger partial charge is 0.294 e. The fourth-order valence-corrected chi connectivity index (χ4v) is 0.898. The third-order valence-corrected chi connectivity index (χ3v) is 1.69. The van der Waals surface area contributed by atoms with Crippen molar-refractivity contribution in [1.82, 2.24) is 4.90 Å². The van der Waals surface area contributed by atoms with Crippen LogP contribution in [-0.4, -0.2) is 24.0 Å². The summed E-state index contributed by atoms with van der Waals surface area (Å²) in [5, 5.41) is 0. The van der Waals surface area contributed by atoms with Gasteiger partial charge in [-0.3, -0.25) is 4.90 Å². The summed E-state index contributed by atoms with van der Waals surface area (Å²) in [6, 6.07) is 0.461.